The Morgan fingerprint density at radius 3 is 2.90 bits per heavy atom. The number of benzene rings is 1. The molecule has 5 heteroatoms. The first-order chi connectivity index (χ1) is 10.2. The van der Waals surface area contributed by atoms with Gasteiger partial charge in [0.2, 0.25) is 5.91 Å². The number of carbonyl (C=O) groups is 1. The molecule has 0 bridgehead atoms. The van der Waals surface area contributed by atoms with Crippen LogP contribution in [0.15, 0.2) is 24.3 Å². The summed E-state index contributed by atoms with van der Waals surface area (Å²) in [5.74, 6) is 0.879. The van der Waals surface area contributed by atoms with Crippen LogP contribution in [0.4, 0.5) is 0 Å². The molecule has 1 amide bonds. The third kappa shape index (κ3) is 4.11. The maximum Gasteiger partial charge on any atom is 0.236 e. The number of nitrogens with zero attached hydrogens (tertiary/aromatic N) is 1. The lowest BCUT2D eigenvalue weighted by molar-refractivity contribution is -0.132. The van der Waals surface area contributed by atoms with Crippen molar-refractivity contribution >= 4 is 17.5 Å². The summed E-state index contributed by atoms with van der Waals surface area (Å²) in [4.78, 5) is 14.1. The van der Waals surface area contributed by atoms with Gasteiger partial charge in [-0.2, -0.15) is 0 Å². The van der Waals surface area contributed by atoms with Crippen molar-refractivity contribution < 1.29 is 9.53 Å². The number of likely N-dealkylation sites (tertiary alicyclic amines) is 1. The van der Waals surface area contributed by atoms with Gasteiger partial charge in [-0.3, -0.25) is 4.79 Å². The number of nitrogens with one attached hydrogen (secondary N) is 1. The van der Waals surface area contributed by atoms with E-state index in [1.54, 1.807) is 0 Å². The Morgan fingerprint density at radius 2 is 2.14 bits per heavy atom. The smallest absolute Gasteiger partial charge is 0.236 e. The second-order valence-corrected chi connectivity index (χ2v) is 6.21. The van der Waals surface area contributed by atoms with Crippen LogP contribution in [-0.4, -0.2) is 42.6 Å². The average molecular weight is 309 g/mol. The molecule has 3 rings (SSSR count). The summed E-state index contributed by atoms with van der Waals surface area (Å²) >= 11 is 6.12. The quantitative estimate of drug-likeness (QED) is 0.908. The molecule has 4 nitrogen and oxygen atoms in total. The highest BCUT2D eigenvalue weighted by Gasteiger charge is 2.27. The monoisotopic (exact) mass is 308 g/mol. The number of amides is 1. The lowest BCUT2D eigenvalue weighted by Crippen LogP contribution is -2.47. The van der Waals surface area contributed by atoms with Crippen LogP contribution in [0.3, 0.4) is 0 Å². The van der Waals surface area contributed by atoms with Gasteiger partial charge in [0.15, 0.2) is 0 Å². The Bertz CT molecular complexity index is 505. The van der Waals surface area contributed by atoms with Crippen LogP contribution in [0, 0.1) is 0 Å². The number of para-hydroxylation sites is 1. The molecule has 1 aliphatic carbocycles. The average Bonchev–Trinajstić information content (AvgIpc) is 3.32. The molecule has 1 saturated heterocycles. The van der Waals surface area contributed by atoms with Crippen LogP contribution in [0.2, 0.25) is 5.02 Å². The zero-order chi connectivity index (χ0) is 14.7. The largest absolute Gasteiger partial charge is 0.487 e. The van der Waals surface area contributed by atoms with Gasteiger partial charge in [0.1, 0.15) is 11.9 Å². The van der Waals surface area contributed by atoms with E-state index in [9.17, 15) is 4.79 Å². The molecule has 1 N–H and O–H groups in total. The summed E-state index contributed by atoms with van der Waals surface area (Å²) in [6.07, 6.45) is 4.37. The Hall–Kier alpha value is -1.26. The van der Waals surface area contributed by atoms with Crippen molar-refractivity contribution in [3.8, 4) is 5.75 Å². The molecule has 1 aromatic rings. The number of halogens is 1. The summed E-state index contributed by atoms with van der Waals surface area (Å²) in [7, 11) is 0. The van der Waals surface area contributed by atoms with Gasteiger partial charge in [-0.15, -0.1) is 0 Å². The van der Waals surface area contributed by atoms with Crippen LogP contribution in [0.1, 0.15) is 25.7 Å². The van der Waals surface area contributed by atoms with Crippen molar-refractivity contribution in [1.29, 1.82) is 0 Å². The minimum absolute atomic E-state index is 0.0310. The number of ether oxygens (including phenoxy) is 1. The first-order valence-electron chi connectivity index (χ1n) is 7.65. The van der Waals surface area contributed by atoms with Crippen LogP contribution < -0.4 is 10.1 Å². The van der Waals surface area contributed by atoms with Gasteiger partial charge in [0.05, 0.1) is 18.1 Å². The molecule has 1 saturated carbocycles. The van der Waals surface area contributed by atoms with Gasteiger partial charge in [-0.1, -0.05) is 23.7 Å². The van der Waals surface area contributed by atoms with Gasteiger partial charge in [0, 0.05) is 12.6 Å². The van der Waals surface area contributed by atoms with E-state index in [0.717, 1.165) is 19.4 Å². The van der Waals surface area contributed by atoms with E-state index in [1.807, 2.05) is 29.2 Å². The van der Waals surface area contributed by atoms with Gasteiger partial charge >= 0.3 is 0 Å². The van der Waals surface area contributed by atoms with E-state index < -0.39 is 0 Å². The molecule has 21 heavy (non-hydrogen) atoms. The molecule has 0 unspecified atom stereocenters. The van der Waals surface area contributed by atoms with E-state index >= 15 is 0 Å². The van der Waals surface area contributed by atoms with E-state index in [2.05, 4.69) is 5.32 Å². The molecule has 1 atom stereocenters. The number of hydrogen-bond donors (Lipinski definition) is 1. The Morgan fingerprint density at radius 1 is 1.33 bits per heavy atom. The summed E-state index contributed by atoms with van der Waals surface area (Å²) in [5, 5.41) is 3.90. The second-order valence-electron chi connectivity index (χ2n) is 5.81. The first kappa shape index (κ1) is 14.7. The zero-order valence-corrected chi connectivity index (χ0v) is 12.8. The minimum Gasteiger partial charge on any atom is -0.487 e. The third-order valence-electron chi connectivity index (χ3n) is 3.98. The summed E-state index contributed by atoms with van der Waals surface area (Å²) in [6.45, 7) is 1.92. The number of hydrogen-bond acceptors (Lipinski definition) is 3. The highest BCUT2D eigenvalue weighted by molar-refractivity contribution is 6.32. The maximum atomic E-state index is 12.2. The Kier molecular flexibility index (Phi) is 4.66. The van der Waals surface area contributed by atoms with Crippen molar-refractivity contribution in [1.82, 2.24) is 10.2 Å². The van der Waals surface area contributed by atoms with Crippen LogP contribution in [-0.2, 0) is 4.79 Å². The fourth-order valence-electron chi connectivity index (χ4n) is 2.61. The molecule has 2 fully saturated rings. The Balaban J connectivity index is 1.52. The Labute approximate surface area is 130 Å². The van der Waals surface area contributed by atoms with Gasteiger partial charge < -0.3 is 15.0 Å². The molecule has 2 aliphatic rings. The minimum atomic E-state index is 0.0310. The predicted molar refractivity (Wildman–Crippen MR) is 82.7 cm³/mol. The SMILES string of the molecule is O=C(CNC1CC1)N1CCC[C@@H](Oc2ccccc2Cl)C1. The van der Waals surface area contributed by atoms with Crippen LogP contribution >= 0.6 is 11.6 Å². The van der Waals surface area contributed by atoms with Crippen molar-refractivity contribution in [3.63, 3.8) is 0 Å². The summed E-state index contributed by atoms with van der Waals surface area (Å²) in [5.41, 5.74) is 0. The number of rotatable bonds is 5. The molecular weight excluding hydrogens is 288 g/mol. The first-order valence-corrected chi connectivity index (χ1v) is 8.02. The van der Waals surface area contributed by atoms with Gasteiger partial charge in [-0.25, -0.2) is 0 Å². The molecule has 0 radical (unpaired) electrons. The van der Waals surface area contributed by atoms with Crippen LogP contribution in [0.5, 0.6) is 5.75 Å². The van der Waals surface area contributed by atoms with Crippen molar-refractivity contribution in [3.05, 3.63) is 29.3 Å². The maximum absolute atomic E-state index is 12.2. The highest BCUT2D eigenvalue weighted by atomic mass is 35.5. The van der Waals surface area contributed by atoms with E-state index in [-0.39, 0.29) is 12.0 Å². The molecular formula is C16H21ClN2O2. The standard InChI is InChI=1S/C16H21ClN2O2/c17-14-5-1-2-6-15(14)21-13-4-3-9-19(11-13)16(20)10-18-12-7-8-12/h1-2,5-6,12-13,18H,3-4,7-11H2/t13-/m1/s1. The normalized spacial score (nSPS) is 22.1. The van der Waals surface area contributed by atoms with Crippen LogP contribution in [0.25, 0.3) is 0 Å². The highest BCUT2D eigenvalue weighted by Crippen LogP contribution is 2.26. The fraction of sp³-hybridized carbons (Fsp3) is 0.562. The molecule has 1 heterocycles. The zero-order valence-electron chi connectivity index (χ0n) is 12.1. The lowest BCUT2D eigenvalue weighted by atomic mass is 10.1. The number of carbonyl (C=O) groups excluding carboxylic acids is 1. The number of piperidine rings is 1. The lowest BCUT2D eigenvalue weighted by Gasteiger charge is -2.33. The third-order valence-corrected chi connectivity index (χ3v) is 4.29. The topological polar surface area (TPSA) is 41.6 Å². The van der Waals surface area contributed by atoms with E-state index in [4.69, 9.17) is 16.3 Å². The molecule has 0 spiro atoms. The molecule has 114 valence electrons. The molecule has 0 aromatic heterocycles. The summed E-state index contributed by atoms with van der Waals surface area (Å²) in [6, 6.07) is 8.05. The van der Waals surface area contributed by atoms with E-state index in [0.29, 0.717) is 29.9 Å². The van der Waals surface area contributed by atoms with Gasteiger partial charge in [0.25, 0.3) is 0 Å². The fourth-order valence-corrected chi connectivity index (χ4v) is 2.79. The van der Waals surface area contributed by atoms with E-state index in [1.165, 1.54) is 12.8 Å². The molecule has 1 aromatic carbocycles. The van der Waals surface area contributed by atoms with Crippen molar-refractivity contribution in [2.45, 2.75) is 37.8 Å². The van der Waals surface area contributed by atoms with Crippen molar-refractivity contribution in [2.24, 2.45) is 0 Å². The molecule has 1 aliphatic heterocycles. The second kappa shape index (κ2) is 6.67. The summed E-state index contributed by atoms with van der Waals surface area (Å²) < 4.78 is 5.96. The van der Waals surface area contributed by atoms with Gasteiger partial charge in [-0.05, 0) is 37.8 Å². The van der Waals surface area contributed by atoms with Crippen molar-refractivity contribution in [2.75, 3.05) is 19.6 Å². The predicted octanol–water partition coefficient (Wildman–Crippen LogP) is 2.46.